The molecule has 0 unspecified atom stereocenters. The van der Waals surface area contributed by atoms with Crippen LogP contribution in [0.15, 0.2) is 12.4 Å². The lowest BCUT2D eigenvalue weighted by Gasteiger charge is -2.10. The molecule has 1 aromatic heterocycles. The Balaban J connectivity index is 2.29. The summed E-state index contributed by atoms with van der Waals surface area (Å²) in [6.45, 7) is 10.4. The third-order valence-corrected chi connectivity index (χ3v) is 2.00. The average Bonchev–Trinajstić information content (AvgIpc) is 2.27. The van der Waals surface area contributed by atoms with E-state index in [0.717, 1.165) is 19.0 Å². The van der Waals surface area contributed by atoms with Gasteiger partial charge in [-0.25, -0.2) is 9.97 Å². The standard InChI is InChI=1S/C13H23N3O2/c1-10(2)8-17-6-5-14-12-7-13(16-9-15-12)18-11(3)4/h7,9-11H,5-6,8H2,1-4H3,(H,14,15,16). The van der Waals surface area contributed by atoms with Crippen molar-refractivity contribution in [2.24, 2.45) is 5.92 Å². The molecule has 1 aromatic rings. The van der Waals surface area contributed by atoms with Gasteiger partial charge in [0.15, 0.2) is 0 Å². The molecule has 0 atom stereocenters. The molecule has 0 radical (unpaired) electrons. The average molecular weight is 253 g/mol. The number of rotatable bonds is 8. The van der Waals surface area contributed by atoms with Crippen molar-refractivity contribution in [1.29, 1.82) is 0 Å². The highest BCUT2D eigenvalue weighted by atomic mass is 16.5. The first-order valence-electron chi connectivity index (χ1n) is 6.38. The van der Waals surface area contributed by atoms with Gasteiger partial charge in [0.1, 0.15) is 12.1 Å². The van der Waals surface area contributed by atoms with E-state index >= 15 is 0 Å². The van der Waals surface area contributed by atoms with Crippen LogP contribution in [0, 0.1) is 5.92 Å². The molecular formula is C13H23N3O2. The van der Waals surface area contributed by atoms with Crippen molar-refractivity contribution in [3.8, 4) is 5.88 Å². The van der Waals surface area contributed by atoms with Gasteiger partial charge in [-0.05, 0) is 19.8 Å². The van der Waals surface area contributed by atoms with Gasteiger partial charge < -0.3 is 14.8 Å². The Kier molecular flexibility index (Phi) is 6.43. The third-order valence-electron chi connectivity index (χ3n) is 2.00. The van der Waals surface area contributed by atoms with Gasteiger partial charge in [-0.15, -0.1) is 0 Å². The van der Waals surface area contributed by atoms with Gasteiger partial charge in [0.05, 0.1) is 12.7 Å². The van der Waals surface area contributed by atoms with E-state index in [9.17, 15) is 0 Å². The first kappa shape index (κ1) is 14.7. The molecule has 102 valence electrons. The van der Waals surface area contributed by atoms with Crippen LogP contribution in [0.2, 0.25) is 0 Å². The number of anilines is 1. The maximum atomic E-state index is 5.49. The first-order chi connectivity index (χ1) is 8.58. The van der Waals surface area contributed by atoms with Crippen LogP contribution in [0.1, 0.15) is 27.7 Å². The van der Waals surface area contributed by atoms with E-state index < -0.39 is 0 Å². The van der Waals surface area contributed by atoms with Gasteiger partial charge in [0.2, 0.25) is 5.88 Å². The minimum Gasteiger partial charge on any atom is -0.475 e. The van der Waals surface area contributed by atoms with Gasteiger partial charge in [0, 0.05) is 19.2 Å². The third kappa shape index (κ3) is 6.39. The largest absolute Gasteiger partial charge is 0.475 e. The summed E-state index contributed by atoms with van der Waals surface area (Å²) in [5, 5.41) is 3.18. The predicted octanol–water partition coefficient (Wildman–Crippen LogP) is 2.35. The van der Waals surface area contributed by atoms with Crippen LogP contribution in [0.3, 0.4) is 0 Å². The second-order valence-electron chi connectivity index (χ2n) is 4.80. The molecular weight excluding hydrogens is 230 g/mol. The van der Waals surface area contributed by atoms with E-state index in [0.29, 0.717) is 18.4 Å². The van der Waals surface area contributed by atoms with Crippen molar-refractivity contribution in [1.82, 2.24) is 9.97 Å². The van der Waals surface area contributed by atoms with Gasteiger partial charge in [-0.3, -0.25) is 0 Å². The van der Waals surface area contributed by atoms with Crippen LogP contribution in [0.5, 0.6) is 5.88 Å². The maximum absolute atomic E-state index is 5.49. The Morgan fingerprint density at radius 3 is 2.67 bits per heavy atom. The molecule has 1 heterocycles. The van der Waals surface area contributed by atoms with Crippen LogP contribution in [0.25, 0.3) is 0 Å². The normalized spacial score (nSPS) is 11.0. The lowest BCUT2D eigenvalue weighted by atomic mass is 10.2. The number of nitrogens with zero attached hydrogens (tertiary/aromatic N) is 2. The minimum atomic E-state index is 0.113. The van der Waals surface area contributed by atoms with E-state index in [4.69, 9.17) is 9.47 Å². The van der Waals surface area contributed by atoms with Gasteiger partial charge in [-0.2, -0.15) is 0 Å². The summed E-state index contributed by atoms with van der Waals surface area (Å²) < 4.78 is 11.0. The van der Waals surface area contributed by atoms with Crippen LogP contribution in [0.4, 0.5) is 5.82 Å². The molecule has 5 heteroatoms. The summed E-state index contributed by atoms with van der Waals surface area (Å²) >= 11 is 0. The van der Waals surface area contributed by atoms with E-state index in [1.54, 1.807) is 6.07 Å². The molecule has 0 saturated carbocycles. The van der Waals surface area contributed by atoms with Crippen molar-refractivity contribution in [2.75, 3.05) is 25.1 Å². The molecule has 0 fully saturated rings. The molecule has 0 spiro atoms. The smallest absolute Gasteiger partial charge is 0.218 e. The molecule has 18 heavy (non-hydrogen) atoms. The van der Waals surface area contributed by atoms with E-state index in [-0.39, 0.29) is 6.10 Å². The SMILES string of the molecule is CC(C)COCCNc1cc(OC(C)C)ncn1. The number of nitrogens with one attached hydrogen (secondary N) is 1. The Morgan fingerprint density at radius 1 is 1.22 bits per heavy atom. The van der Waals surface area contributed by atoms with Crippen LogP contribution in [-0.2, 0) is 4.74 Å². The second kappa shape index (κ2) is 7.87. The molecule has 0 bridgehead atoms. The van der Waals surface area contributed by atoms with Crippen molar-refractivity contribution in [3.05, 3.63) is 12.4 Å². The highest BCUT2D eigenvalue weighted by molar-refractivity contribution is 5.36. The van der Waals surface area contributed by atoms with Crippen molar-refractivity contribution in [3.63, 3.8) is 0 Å². The summed E-state index contributed by atoms with van der Waals surface area (Å²) in [6.07, 6.45) is 1.61. The topological polar surface area (TPSA) is 56.3 Å². The molecule has 0 aromatic carbocycles. The van der Waals surface area contributed by atoms with Crippen molar-refractivity contribution >= 4 is 5.82 Å². The van der Waals surface area contributed by atoms with Crippen LogP contribution < -0.4 is 10.1 Å². The lowest BCUT2D eigenvalue weighted by molar-refractivity contribution is 0.118. The van der Waals surface area contributed by atoms with Crippen molar-refractivity contribution < 1.29 is 9.47 Å². The molecule has 0 aliphatic carbocycles. The molecule has 5 nitrogen and oxygen atoms in total. The predicted molar refractivity (Wildman–Crippen MR) is 71.9 cm³/mol. The number of hydrogen-bond donors (Lipinski definition) is 1. The van der Waals surface area contributed by atoms with Crippen molar-refractivity contribution in [2.45, 2.75) is 33.8 Å². The van der Waals surface area contributed by atoms with E-state index in [2.05, 4.69) is 29.1 Å². The second-order valence-corrected chi connectivity index (χ2v) is 4.80. The highest BCUT2D eigenvalue weighted by Gasteiger charge is 2.01. The molecule has 0 saturated heterocycles. The zero-order valence-electron chi connectivity index (χ0n) is 11.6. The monoisotopic (exact) mass is 253 g/mol. The molecule has 0 aliphatic rings. The quantitative estimate of drug-likeness (QED) is 0.721. The summed E-state index contributed by atoms with van der Waals surface area (Å²) in [6, 6.07) is 1.79. The number of ether oxygens (including phenoxy) is 2. The van der Waals surface area contributed by atoms with Gasteiger partial charge >= 0.3 is 0 Å². The Morgan fingerprint density at radius 2 is 2.00 bits per heavy atom. The summed E-state index contributed by atoms with van der Waals surface area (Å²) in [5.41, 5.74) is 0. The fraction of sp³-hybridized carbons (Fsp3) is 0.692. The number of aromatic nitrogens is 2. The highest BCUT2D eigenvalue weighted by Crippen LogP contribution is 2.12. The first-order valence-corrected chi connectivity index (χ1v) is 6.38. The fourth-order valence-electron chi connectivity index (χ4n) is 1.31. The molecule has 0 amide bonds. The number of hydrogen-bond acceptors (Lipinski definition) is 5. The summed E-state index contributed by atoms with van der Waals surface area (Å²) in [5.74, 6) is 1.91. The maximum Gasteiger partial charge on any atom is 0.218 e. The van der Waals surface area contributed by atoms with Gasteiger partial charge in [-0.1, -0.05) is 13.8 Å². The lowest BCUT2D eigenvalue weighted by Crippen LogP contribution is -2.13. The molecule has 1 rings (SSSR count). The molecule has 1 N–H and O–H groups in total. The zero-order valence-corrected chi connectivity index (χ0v) is 11.6. The Labute approximate surface area is 109 Å². The summed E-state index contributed by atoms with van der Waals surface area (Å²) in [4.78, 5) is 8.16. The van der Waals surface area contributed by atoms with Crippen LogP contribution >= 0.6 is 0 Å². The van der Waals surface area contributed by atoms with E-state index in [1.807, 2.05) is 13.8 Å². The minimum absolute atomic E-state index is 0.113. The zero-order chi connectivity index (χ0) is 13.4. The summed E-state index contributed by atoms with van der Waals surface area (Å²) in [7, 11) is 0. The van der Waals surface area contributed by atoms with Crippen LogP contribution in [-0.4, -0.2) is 35.8 Å². The van der Waals surface area contributed by atoms with E-state index in [1.165, 1.54) is 6.33 Å². The Bertz CT molecular complexity index is 343. The van der Waals surface area contributed by atoms with Gasteiger partial charge in [0.25, 0.3) is 0 Å². The fourth-order valence-corrected chi connectivity index (χ4v) is 1.31. The molecule has 0 aliphatic heterocycles. The Hall–Kier alpha value is -1.36.